The normalized spacial score (nSPS) is 18.2. The molecule has 0 aliphatic carbocycles. The Labute approximate surface area is 168 Å². The highest BCUT2D eigenvalue weighted by molar-refractivity contribution is 6.07. The van der Waals surface area contributed by atoms with Crippen molar-refractivity contribution < 1.29 is 18.8 Å². The lowest BCUT2D eigenvalue weighted by Gasteiger charge is -2.37. The molecule has 0 radical (unpaired) electrons. The van der Waals surface area contributed by atoms with Crippen molar-refractivity contribution in [1.29, 1.82) is 0 Å². The van der Waals surface area contributed by atoms with Gasteiger partial charge in [-0.25, -0.2) is 9.18 Å². The number of nitrogens with one attached hydrogen (secondary N) is 1. The van der Waals surface area contributed by atoms with Gasteiger partial charge in [-0.1, -0.05) is 42.5 Å². The summed E-state index contributed by atoms with van der Waals surface area (Å²) in [6, 6.07) is 15.2. The van der Waals surface area contributed by atoms with Gasteiger partial charge in [-0.3, -0.25) is 14.5 Å². The van der Waals surface area contributed by atoms with E-state index < -0.39 is 17.3 Å². The van der Waals surface area contributed by atoms with Gasteiger partial charge in [0.05, 0.1) is 5.56 Å². The molecule has 2 aliphatic heterocycles. The zero-order chi connectivity index (χ0) is 20.4. The van der Waals surface area contributed by atoms with Gasteiger partial charge in [0, 0.05) is 19.6 Å². The summed E-state index contributed by atoms with van der Waals surface area (Å²) in [5.41, 5.74) is 0.105. The second-order valence-electron chi connectivity index (χ2n) is 7.48. The quantitative estimate of drug-likeness (QED) is 0.809. The standard InChI is InChI=1S/C22H22FN3O3/c23-18-9-5-4-8-17(18)19(27)25-14-11-22(12-15-25)20(28)26(21(29)24-22)13-10-16-6-2-1-3-7-16/h1-9H,10-15H2,(H,24,29). The Hall–Kier alpha value is -3.22. The van der Waals surface area contributed by atoms with Crippen molar-refractivity contribution in [2.45, 2.75) is 24.8 Å². The van der Waals surface area contributed by atoms with Gasteiger partial charge in [0.2, 0.25) is 0 Å². The number of hydrogen-bond donors (Lipinski definition) is 1. The number of carbonyl (C=O) groups excluding carboxylic acids is 3. The van der Waals surface area contributed by atoms with E-state index in [0.717, 1.165) is 5.56 Å². The van der Waals surface area contributed by atoms with Crippen LogP contribution >= 0.6 is 0 Å². The summed E-state index contributed by atoms with van der Waals surface area (Å²) in [5, 5.41) is 2.84. The average molecular weight is 395 g/mol. The van der Waals surface area contributed by atoms with Crippen molar-refractivity contribution in [2.24, 2.45) is 0 Å². The minimum atomic E-state index is -0.972. The van der Waals surface area contributed by atoms with Crippen LogP contribution in [0.25, 0.3) is 0 Å². The number of hydrogen-bond acceptors (Lipinski definition) is 3. The Kier molecular flexibility index (Phi) is 5.05. The van der Waals surface area contributed by atoms with Crippen LogP contribution in [0.4, 0.5) is 9.18 Å². The first kappa shape index (κ1) is 19.1. The van der Waals surface area contributed by atoms with Gasteiger partial charge >= 0.3 is 6.03 Å². The number of carbonyl (C=O) groups is 3. The fourth-order valence-electron chi connectivity index (χ4n) is 4.00. The highest BCUT2D eigenvalue weighted by Gasteiger charge is 2.52. The molecule has 1 spiro atoms. The van der Waals surface area contributed by atoms with E-state index in [2.05, 4.69) is 5.32 Å². The van der Waals surface area contributed by atoms with E-state index in [1.165, 1.54) is 28.0 Å². The highest BCUT2D eigenvalue weighted by atomic mass is 19.1. The number of piperidine rings is 1. The molecule has 2 heterocycles. The number of likely N-dealkylation sites (tertiary alicyclic amines) is 1. The molecule has 150 valence electrons. The number of imide groups is 1. The van der Waals surface area contributed by atoms with Crippen molar-refractivity contribution in [3.63, 3.8) is 0 Å². The van der Waals surface area contributed by atoms with Gasteiger partial charge in [0.25, 0.3) is 11.8 Å². The van der Waals surface area contributed by atoms with Crippen molar-refractivity contribution in [1.82, 2.24) is 15.1 Å². The summed E-state index contributed by atoms with van der Waals surface area (Å²) in [6.07, 6.45) is 1.23. The largest absolute Gasteiger partial charge is 0.338 e. The van der Waals surface area contributed by atoms with E-state index in [0.29, 0.717) is 25.8 Å². The van der Waals surface area contributed by atoms with Gasteiger partial charge in [0.1, 0.15) is 11.4 Å². The molecule has 7 heteroatoms. The van der Waals surface area contributed by atoms with Gasteiger partial charge in [-0.15, -0.1) is 0 Å². The Morgan fingerprint density at radius 1 is 1.00 bits per heavy atom. The molecule has 2 saturated heterocycles. The van der Waals surface area contributed by atoms with Crippen LogP contribution in [0.2, 0.25) is 0 Å². The molecule has 2 aliphatic rings. The number of nitrogens with zero attached hydrogens (tertiary/aromatic N) is 2. The third kappa shape index (κ3) is 3.60. The minimum Gasteiger partial charge on any atom is -0.338 e. The average Bonchev–Trinajstić information content (AvgIpc) is 2.97. The van der Waals surface area contributed by atoms with Crippen LogP contribution < -0.4 is 5.32 Å². The predicted molar refractivity (Wildman–Crippen MR) is 105 cm³/mol. The summed E-state index contributed by atoms with van der Waals surface area (Å²) in [5.74, 6) is -1.19. The molecule has 2 aromatic carbocycles. The van der Waals surface area contributed by atoms with Crippen molar-refractivity contribution >= 4 is 17.8 Å². The maximum absolute atomic E-state index is 13.9. The number of urea groups is 1. The first-order chi connectivity index (χ1) is 14.0. The molecule has 0 saturated carbocycles. The van der Waals surface area contributed by atoms with E-state index >= 15 is 0 Å². The smallest absolute Gasteiger partial charge is 0.325 e. The molecule has 6 nitrogen and oxygen atoms in total. The maximum Gasteiger partial charge on any atom is 0.325 e. The lowest BCUT2D eigenvalue weighted by Crippen LogP contribution is -2.56. The molecule has 0 aromatic heterocycles. The summed E-state index contributed by atoms with van der Waals surface area (Å²) >= 11 is 0. The predicted octanol–water partition coefficient (Wildman–Crippen LogP) is 2.60. The number of benzene rings is 2. The first-order valence-corrected chi connectivity index (χ1v) is 9.72. The fourth-order valence-corrected chi connectivity index (χ4v) is 4.00. The minimum absolute atomic E-state index is 0.0229. The summed E-state index contributed by atoms with van der Waals surface area (Å²) < 4.78 is 13.9. The highest BCUT2D eigenvalue weighted by Crippen LogP contribution is 2.30. The van der Waals surface area contributed by atoms with Gasteiger partial charge in [-0.05, 0) is 37.0 Å². The van der Waals surface area contributed by atoms with Gasteiger partial charge in [-0.2, -0.15) is 0 Å². The van der Waals surface area contributed by atoms with Crippen LogP contribution in [-0.4, -0.2) is 52.8 Å². The van der Waals surface area contributed by atoms with Crippen LogP contribution in [0.3, 0.4) is 0 Å². The molecular formula is C22H22FN3O3. The SMILES string of the molecule is O=C(c1ccccc1F)N1CCC2(CC1)NC(=O)N(CCc1ccccc1)C2=O. The van der Waals surface area contributed by atoms with Crippen molar-refractivity contribution in [3.05, 3.63) is 71.5 Å². The van der Waals surface area contributed by atoms with Crippen LogP contribution in [-0.2, 0) is 11.2 Å². The second kappa shape index (κ2) is 7.66. The van der Waals surface area contributed by atoms with Crippen molar-refractivity contribution in [3.8, 4) is 0 Å². The molecule has 0 unspecified atom stereocenters. The monoisotopic (exact) mass is 395 g/mol. The van der Waals surface area contributed by atoms with Gasteiger partial charge in [0.15, 0.2) is 0 Å². The summed E-state index contributed by atoms with van der Waals surface area (Å²) in [4.78, 5) is 40.8. The molecule has 0 atom stereocenters. The van der Waals surface area contributed by atoms with Gasteiger partial charge < -0.3 is 10.2 Å². The number of amides is 4. The number of rotatable bonds is 4. The Morgan fingerprint density at radius 3 is 2.34 bits per heavy atom. The third-order valence-electron chi connectivity index (χ3n) is 5.72. The maximum atomic E-state index is 13.9. The van der Waals surface area contributed by atoms with Crippen LogP contribution in [0.15, 0.2) is 54.6 Å². The van der Waals surface area contributed by atoms with Crippen LogP contribution in [0, 0.1) is 5.82 Å². The lowest BCUT2D eigenvalue weighted by atomic mass is 9.87. The molecule has 2 aromatic rings. The zero-order valence-electron chi connectivity index (χ0n) is 15.9. The molecule has 2 fully saturated rings. The van der Waals surface area contributed by atoms with E-state index in [1.54, 1.807) is 6.07 Å². The van der Waals surface area contributed by atoms with E-state index in [4.69, 9.17) is 0 Å². The first-order valence-electron chi connectivity index (χ1n) is 9.72. The number of halogens is 1. The van der Waals surface area contributed by atoms with E-state index in [1.807, 2.05) is 30.3 Å². The van der Waals surface area contributed by atoms with Crippen molar-refractivity contribution in [2.75, 3.05) is 19.6 Å². The molecule has 0 bridgehead atoms. The topological polar surface area (TPSA) is 69.7 Å². The summed E-state index contributed by atoms with van der Waals surface area (Å²) in [6.45, 7) is 0.881. The Bertz CT molecular complexity index is 939. The molecule has 1 N–H and O–H groups in total. The summed E-state index contributed by atoms with van der Waals surface area (Å²) in [7, 11) is 0. The zero-order valence-corrected chi connectivity index (χ0v) is 15.9. The fraction of sp³-hybridized carbons (Fsp3) is 0.318. The third-order valence-corrected chi connectivity index (χ3v) is 5.72. The Morgan fingerprint density at radius 2 is 1.66 bits per heavy atom. The Balaban J connectivity index is 1.40. The molecule has 4 rings (SSSR count). The molecule has 4 amide bonds. The lowest BCUT2D eigenvalue weighted by molar-refractivity contribution is -0.132. The van der Waals surface area contributed by atoms with Crippen LogP contribution in [0.5, 0.6) is 0 Å². The molecule has 29 heavy (non-hydrogen) atoms. The van der Waals surface area contributed by atoms with E-state index in [9.17, 15) is 18.8 Å². The second-order valence-corrected chi connectivity index (χ2v) is 7.48. The van der Waals surface area contributed by atoms with E-state index in [-0.39, 0.29) is 30.6 Å². The molecular weight excluding hydrogens is 373 g/mol. The van der Waals surface area contributed by atoms with Crippen LogP contribution in [0.1, 0.15) is 28.8 Å².